The molecule has 3 saturated heterocycles. The number of amides is 6. The van der Waals surface area contributed by atoms with Crippen LogP contribution in [0.3, 0.4) is 0 Å². The molecule has 9 fully saturated rings. The van der Waals surface area contributed by atoms with Crippen molar-refractivity contribution in [1.29, 1.82) is 0 Å². The summed E-state index contributed by atoms with van der Waals surface area (Å²) >= 11 is 0. The van der Waals surface area contributed by atoms with E-state index in [-0.39, 0.29) is 119 Å². The number of aryl methyl sites for hydroxylation is 2. The van der Waals surface area contributed by atoms with Gasteiger partial charge in [-0.2, -0.15) is 17.6 Å². The van der Waals surface area contributed by atoms with Crippen molar-refractivity contribution in [2.45, 2.75) is 309 Å². The molecule has 141 heavy (non-hydrogen) atoms. The Kier molecular flexibility index (Phi) is 32.1. The normalized spacial score (nSPS) is 32.4. The Morgan fingerprint density at radius 3 is 1.30 bits per heavy atom. The minimum Gasteiger partial charge on any atom is -0.540 e. The number of nitrogens with zero attached hydrogens (tertiary/aromatic N) is 9. The molecule has 767 valence electrons. The summed E-state index contributed by atoms with van der Waals surface area (Å²) in [6, 6.07) is 8.50. The van der Waals surface area contributed by atoms with Crippen LogP contribution in [0.15, 0.2) is 54.6 Å². The van der Waals surface area contributed by atoms with Crippen LogP contribution in [-0.4, -0.2) is 224 Å². The second kappa shape index (κ2) is 42.2. The van der Waals surface area contributed by atoms with Gasteiger partial charge in [0.05, 0.1) is 73.0 Å². The Morgan fingerprint density at radius 1 is 0.482 bits per heavy atom. The SMILES string of the molecule is CC[C@@H]1[C@@H]2CN(C(=O)[C@H](C(C)(C)C)NC(=O)O[C@@H]3CC4C([C@H]3CCCCCc3nc5ccc(OC)cc5nc3O2)C4(F)F)[C@@H]1C(C)=O.COc1ccc2nc3c(nc2c1)O[C@H]1CN(C(=O)[C@H](C(C)(C)C)NC(=O)O[C@@H]2CC4C([C@H]2CCCCC3)C4(F)F)[C@H]([C-]=O)[C@@H]1C.C[C@@H]1[C@@H]2CN(C(=O)[C@H](C(C)(C)C)NC(=O)O[C@@H]3CC4CC4[C@H]3CCCCC(F)(F)c3nc4ccc(OC(F)F)cc4nc3O2)[C@@H]1[C-]=O.[V].[W]. The molecule has 3 N–H and O–H groups in total. The van der Waals surface area contributed by atoms with Gasteiger partial charge in [-0.1, -0.05) is 127 Å². The van der Waals surface area contributed by atoms with E-state index in [0.717, 1.165) is 38.2 Å². The maximum Gasteiger partial charge on any atom is 0.408 e. The van der Waals surface area contributed by atoms with E-state index in [0.29, 0.717) is 133 Å². The van der Waals surface area contributed by atoms with Gasteiger partial charge in [0.1, 0.15) is 83.4 Å². The van der Waals surface area contributed by atoms with Crippen LogP contribution < -0.4 is 44.4 Å². The molecular weight excluding hydrogens is 2060 g/mol. The first kappa shape index (κ1) is 107. The van der Waals surface area contributed by atoms with Crippen LogP contribution in [0.5, 0.6) is 34.9 Å². The van der Waals surface area contributed by atoms with Crippen molar-refractivity contribution in [2.24, 2.45) is 87.3 Å². The number of hydrogen-bond donors (Lipinski definition) is 3. The fourth-order valence-electron chi connectivity index (χ4n) is 23.2. The number of methoxy groups -OCH3 is 2. The summed E-state index contributed by atoms with van der Waals surface area (Å²) in [6.07, 6.45) is 7.33. The third-order valence-corrected chi connectivity index (χ3v) is 30.9. The molecule has 3 aromatic heterocycles. The van der Waals surface area contributed by atoms with E-state index in [1.54, 1.807) is 74.8 Å². The number of benzene rings is 3. The topological polar surface area (TPSA) is 360 Å². The molecule has 40 heteroatoms. The maximum absolute atomic E-state index is 16.0. The van der Waals surface area contributed by atoms with E-state index in [1.165, 1.54) is 33.8 Å². The van der Waals surface area contributed by atoms with Crippen molar-refractivity contribution in [3.8, 4) is 34.9 Å². The molecule has 30 nitrogen and oxygen atoms in total. The fourth-order valence-corrected chi connectivity index (χ4v) is 23.2. The van der Waals surface area contributed by atoms with E-state index >= 15 is 8.78 Å². The Bertz CT molecular complexity index is 5650. The van der Waals surface area contributed by atoms with Gasteiger partial charge in [0.2, 0.25) is 35.4 Å². The first-order chi connectivity index (χ1) is 65.7. The molecule has 6 unspecified atom stereocenters. The summed E-state index contributed by atoms with van der Waals surface area (Å²) in [7, 11) is 3.15. The number of ketones is 1. The first-order valence-electron chi connectivity index (χ1n) is 48.9. The molecule has 24 atom stereocenters. The Morgan fingerprint density at radius 2 is 0.872 bits per heavy atom. The predicted molar refractivity (Wildman–Crippen MR) is 489 cm³/mol. The molecule has 6 aliphatic carbocycles. The van der Waals surface area contributed by atoms with Crippen LogP contribution in [0.1, 0.15) is 216 Å². The first-order valence-corrected chi connectivity index (χ1v) is 48.9. The standard InChI is InChI=1S/C35H46F2N4O6.C33H39F4N4O6.C33H41F2N4O6.V.W/c1-7-20-27-17-41(29(20)18(2)42)32(43)30(34(3,4)5)40-33(44)47-26-16-22-28(35(22,36)37)21(26)11-9-8-10-12-24-31(46-27)39-25-15-19(45-6)13-14-23(25)38-24;1-16-23(15-42)41-14-25(16)46-28-26(38-21-9-8-18(45-30(34)35)13-22(21)39-28)33(36,37)10-6-5-7-19-20-11-17(20)12-24(19)47-31(44)40-27(29(41)43)32(2,3)4;1-17-24(16-40)39-15-26(17)44-29-22(36-21-12-11-18(43-5)13-23(21)37-29)10-8-6-7-9-19-25(14-20-27(19)33(20,34)35)45-31(42)38-28(30(39)41)32(2,3)4;;/h13-15,20-22,26-30H,7-12,16-17H2,1-6H3,(H,40,44);8-9,13,16-17,19-20,23-25,27,30H,5-7,10-12,14H2,1-4H3,(H,40,44);11-13,17,19-20,24-28H,6-10,14-15H2,1-5H3,(H,38,42);;/q;2*-1;;/t20-,21+,22?,26-,27+,28?,29-,30-;16-,17?,19+,20?,23+,24+,25-,27+;17-,19-,20?,24+,25+,26-,27?,28+;;/m100../s1. The third-order valence-electron chi connectivity index (χ3n) is 30.9. The minimum atomic E-state index is -3.49. The third kappa shape index (κ3) is 22.5. The quantitative estimate of drug-likeness (QED) is 0.0724. The number of halogens is 8. The molecule has 6 aliphatic heterocycles. The number of fused-ring (bicyclic) bond motifs is 21. The molecule has 6 bridgehead atoms. The molecule has 6 aromatic rings. The maximum atomic E-state index is 16.0. The number of alkyl halides is 8. The molecule has 9 heterocycles. The largest absolute Gasteiger partial charge is 0.540 e. The molecule has 1 radical (unpaired) electrons. The molecule has 6 amide bonds. The van der Waals surface area contributed by atoms with E-state index < -0.39 is 209 Å². The number of carbonyl (C=O) groups excluding carboxylic acids is 9. The van der Waals surface area contributed by atoms with E-state index in [2.05, 4.69) is 30.7 Å². The second-order valence-electron chi connectivity index (χ2n) is 43.3. The Balaban J connectivity index is 0.000000167. The number of aromatic nitrogens is 6. The number of alkyl carbamates (subject to hydrolysis) is 3. The zero-order valence-corrected chi connectivity index (χ0v) is 86.3. The minimum absolute atomic E-state index is 0. The fraction of sp³-hybridized carbons (Fsp3) is 0.673. The van der Waals surface area contributed by atoms with Gasteiger partial charge in [0.25, 0.3) is 17.8 Å². The zero-order valence-electron chi connectivity index (χ0n) is 81.9. The predicted octanol–water partition coefficient (Wildman–Crippen LogP) is 16.4. The monoisotopic (exact) mass is 2180 g/mol. The Hall–Kier alpha value is -9.58. The molecule has 18 rings (SSSR count). The van der Waals surface area contributed by atoms with Crippen LogP contribution in [0.4, 0.5) is 49.5 Å². The molecule has 12 aliphatic rings. The van der Waals surface area contributed by atoms with Crippen molar-refractivity contribution in [3.05, 3.63) is 71.7 Å². The van der Waals surface area contributed by atoms with Crippen molar-refractivity contribution in [2.75, 3.05) is 33.9 Å². The molecule has 0 spiro atoms. The van der Waals surface area contributed by atoms with Gasteiger partial charge in [0.15, 0.2) is 11.5 Å². The average Bonchev–Trinajstić information content (AvgIpc) is 1.53. The number of nitrogens with one attached hydrogen (secondary N) is 3. The second-order valence-corrected chi connectivity index (χ2v) is 43.3. The van der Waals surface area contributed by atoms with Crippen LogP contribution >= 0.6 is 0 Å². The van der Waals surface area contributed by atoms with E-state index in [1.807, 2.05) is 71.5 Å². The number of ether oxygens (including phenoxy) is 9. The number of carbonyl (C=O) groups is 7. The van der Waals surface area contributed by atoms with Gasteiger partial charge < -0.3 is 82.9 Å². The number of hydrogen-bond acceptors (Lipinski definition) is 24. The summed E-state index contributed by atoms with van der Waals surface area (Å²) in [5.74, 6) is -14.2. The molecular formula is C101H126F8N12O18VW-2. The summed E-state index contributed by atoms with van der Waals surface area (Å²) < 4.78 is 168. The number of rotatable bonds is 8. The van der Waals surface area contributed by atoms with Gasteiger partial charge in [-0.25, -0.2) is 74.4 Å². The van der Waals surface area contributed by atoms with Gasteiger partial charge in [-0.3, -0.25) is 19.2 Å². The smallest absolute Gasteiger partial charge is 0.408 e. The molecule has 3 aromatic carbocycles. The van der Waals surface area contributed by atoms with Gasteiger partial charge >= 0.3 is 24.9 Å². The van der Waals surface area contributed by atoms with Crippen molar-refractivity contribution in [1.82, 2.24) is 60.6 Å². The van der Waals surface area contributed by atoms with Crippen LogP contribution in [-0.2, 0) is 101 Å². The van der Waals surface area contributed by atoms with Crippen molar-refractivity contribution >= 4 is 87.5 Å². The summed E-state index contributed by atoms with van der Waals surface area (Å²) in [4.78, 5) is 152. The van der Waals surface area contributed by atoms with Crippen LogP contribution in [0.25, 0.3) is 33.1 Å². The van der Waals surface area contributed by atoms with Crippen molar-refractivity contribution < 1.29 is 161 Å². The van der Waals surface area contributed by atoms with Crippen LogP contribution in [0, 0.1) is 87.3 Å². The average molecular weight is 2180 g/mol. The summed E-state index contributed by atoms with van der Waals surface area (Å²) in [6.45, 7) is 19.9. The van der Waals surface area contributed by atoms with E-state index in [4.69, 9.17) is 57.8 Å². The summed E-state index contributed by atoms with van der Waals surface area (Å²) in [5.41, 5.74) is 0.834. The van der Waals surface area contributed by atoms with Gasteiger partial charge in [-0.05, 0) is 173 Å². The summed E-state index contributed by atoms with van der Waals surface area (Å²) in [5, 5.41) is 8.24. The Labute approximate surface area is 840 Å². The number of Topliss-reactive ketones (excluding diaryl/α,β-unsaturated/α-hetero) is 1. The van der Waals surface area contributed by atoms with Gasteiger partial charge in [-0.15, -0.1) is 0 Å². The van der Waals surface area contributed by atoms with Crippen molar-refractivity contribution in [3.63, 3.8) is 0 Å². The van der Waals surface area contributed by atoms with E-state index in [9.17, 15) is 69.5 Å². The molecule has 6 saturated carbocycles. The van der Waals surface area contributed by atoms with Gasteiger partial charge in [0, 0.05) is 106 Å². The van der Waals surface area contributed by atoms with Crippen LogP contribution in [0.2, 0.25) is 0 Å². The zero-order chi connectivity index (χ0) is 99.9.